The number of imide groups is 1. The van der Waals surface area contributed by atoms with Gasteiger partial charge < -0.3 is 9.80 Å². The van der Waals surface area contributed by atoms with Gasteiger partial charge >= 0.3 is 0 Å². The van der Waals surface area contributed by atoms with Crippen LogP contribution in [0.1, 0.15) is 41.3 Å². The van der Waals surface area contributed by atoms with Gasteiger partial charge in [-0.05, 0) is 41.8 Å². The molecule has 2 fully saturated rings. The van der Waals surface area contributed by atoms with Crippen LogP contribution in [0, 0.1) is 0 Å². The molecule has 1 aromatic carbocycles. The smallest absolute Gasteiger partial charge is 0.255 e. The predicted octanol–water partition coefficient (Wildman–Crippen LogP) is 1.17. The zero-order valence-electron chi connectivity index (χ0n) is 19.1. The molecule has 5 rings (SSSR count). The summed E-state index contributed by atoms with van der Waals surface area (Å²) < 4.78 is 0. The van der Waals surface area contributed by atoms with Gasteiger partial charge in [-0.3, -0.25) is 34.4 Å². The monoisotopic (exact) mass is 461 g/mol. The molecule has 3 aliphatic rings. The third kappa shape index (κ3) is 4.31. The molecule has 4 heterocycles. The number of aromatic nitrogens is 1. The maximum atomic E-state index is 12.9. The van der Waals surface area contributed by atoms with Crippen LogP contribution in [0.5, 0.6) is 0 Å². The van der Waals surface area contributed by atoms with Gasteiger partial charge in [0, 0.05) is 69.9 Å². The molecule has 176 valence electrons. The highest BCUT2D eigenvalue weighted by atomic mass is 16.2. The second-order valence-electron chi connectivity index (χ2n) is 9.10. The fourth-order valence-electron chi connectivity index (χ4n) is 4.94. The lowest BCUT2D eigenvalue weighted by Gasteiger charge is -2.34. The quantitative estimate of drug-likeness (QED) is 0.686. The number of carbonyl (C=O) groups is 4. The Labute approximate surface area is 197 Å². The van der Waals surface area contributed by atoms with Crippen LogP contribution in [0.2, 0.25) is 0 Å². The van der Waals surface area contributed by atoms with Crippen molar-refractivity contribution in [2.45, 2.75) is 38.9 Å². The fourth-order valence-corrected chi connectivity index (χ4v) is 4.94. The third-order valence-electron chi connectivity index (χ3n) is 6.87. The maximum Gasteiger partial charge on any atom is 0.255 e. The van der Waals surface area contributed by atoms with E-state index >= 15 is 0 Å². The van der Waals surface area contributed by atoms with Crippen LogP contribution in [0.3, 0.4) is 0 Å². The molecule has 9 nitrogen and oxygen atoms in total. The van der Waals surface area contributed by atoms with Crippen molar-refractivity contribution in [1.29, 1.82) is 0 Å². The Morgan fingerprint density at radius 1 is 1.09 bits per heavy atom. The molecule has 1 atom stereocenters. The molecule has 9 heteroatoms. The van der Waals surface area contributed by atoms with E-state index in [0.29, 0.717) is 18.5 Å². The lowest BCUT2D eigenvalue weighted by molar-refractivity contribution is -0.137. The van der Waals surface area contributed by atoms with Crippen LogP contribution in [0.4, 0.5) is 0 Å². The van der Waals surface area contributed by atoms with E-state index in [2.05, 4.69) is 21.3 Å². The lowest BCUT2D eigenvalue weighted by Crippen LogP contribution is -2.52. The molecule has 0 spiro atoms. The summed E-state index contributed by atoms with van der Waals surface area (Å²) in [7, 11) is 0. The molecule has 0 aliphatic carbocycles. The molecule has 0 saturated carbocycles. The van der Waals surface area contributed by atoms with Gasteiger partial charge in [0.25, 0.3) is 5.91 Å². The highest BCUT2D eigenvalue weighted by Gasteiger charge is 2.39. The van der Waals surface area contributed by atoms with E-state index in [-0.39, 0.29) is 24.1 Å². The molecular weight excluding hydrogens is 434 g/mol. The first-order valence-electron chi connectivity index (χ1n) is 11.6. The Hall–Kier alpha value is -3.59. The first-order chi connectivity index (χ1) is 16.4. The second-order valence-corrected chi connectivity index (χ2v) is 9.10. The van der Waals surface area contributed by atoms with Crippen LogP contribution in [0.15, 0.2) is 36.5 Å². The minimum Gasteiger partial charge on any atom is -0.340 e. The number of piperazine rings is 1. The number of piperidine rings is 1. The number of nitrogens with one attached hydrogen (secondary N) is 1. The van der Waals surface area contributed by atoms with Crippen molar-refractivity contribution in [3.63, 3.8) is 0 Å². The molecule has 1 unspecified atom stereocenters. The zero-order valence-corrected chi connectivity index (χ0v) is 19.1. The van der Waals surface area contributed by atoms with Crippen LogP contribution < -0.4 is 5.32 Å². The van der Waals surface area contributed by atoms with Gasteiger partial charge in [0.1, 0.15) is 6.04 Å². The topological polar surface area (TPSA) is 103 Å². The van der Waals surface area contributed by atoms with E-state index in [0.717, 1.165) is 55.1 Å². The van der Waals surface area contributed by atoms with E-state index in [1.807, 2.05) is 23.1 Å². The molecule has 2 saturated heterocycles. The van der Waals surface area contributed by atoms with Gasteiger partial charge in [-0.2, -0.15) is 0 Å². The number of amides is 4. The van der Waals surface area contributed by atoms with Crippen molar-refractivity contribution in [1.82, 2.24) is 25.0 Å². The number of hydrogen-bond acceptors (Lipinski definition) is 6. The average Bonchev–Trinajstić information content (AvgIpc) is 3.15. The number of benzene rings is 1. The van der Waals surface area contributed by atoms with Gasteiger partial charge in [0.05, 0.1) is 5.69 Å². The Bertz CT molecular complexity index is 1170. The standard InChI is InChI=1S/C25H27N5O4/c1-16(31)29-10-8-28(9-11-29)14-17-6-7-26-21(12-17)18-2-3-20-19(13-18)15-30(25(20)34)22-4-5-23(32)27-24(22)33/h2-3,6-7,12-13,22H,4-5,8-11,14-15H2,1H3,(H,27,32,33). The Kier molecular flexibility index (Phi) is 5.87. The molecule has 1 N–H and O–H groups in total. The first kappa shape index (κ1) is 22.2. The van der Waals surface area contributed by atoms with E-state index in [1.54, 1.807) is 24.1 Å². The summed E-state index contributed by atoms with van der Waals surface area (Å²) in [5.41, 5.74) is 4.34. The summed E-state index contributed by atoms with van der Waals surface area (Å²) in [6.45, 7) is 5.91. The van der Waals surface area contributed by atoms with Crippen molar-refractivity contribution in [3.05, 3.63) is 53.2 Å². The highest BCUT2D eigenvalue weighted by Crippen LogP contribution is 2.31. The largest absolute Gasteiger partial charge is 0.340 e. The zero-order chi connectivity index (χ0) is 23.8. The minimum absolute atomic E-state index is 0.122. The van der Waals surface area contributed by atoms with Crippen LogP contribution in [-0.4, -0.2) is 75.5 Å². The van der Waals surface area contributed by atoms with Gasteiger partial charge in [-0.1, -0.05) is 6.07 Å². The normalized spacial score (nSPS) is 21.0. The summed E-state index contributed by atoms with van der Waals surface area (Å²) in [6.07, 6.45) is 2.38. The number of carbonyl (C=O) groups excluding carboxylic acids is 4. The number of hydrogen-bond donors (Lipinski definition) is 1. The van der Waals surface area contributed by atoms with Gasteiger partial charge in [0.15, 0.2) is 0 Å². The van der Waals surface area contributed by atoms with Crippen LogP contribution in [-0.2, 0) is 27.5 Å². The Morgan fingerprint density at radius 2 is 1.88 bits per heavy atom. The van der Waals surface area contributed by atoms with E-state index in [9.17, 15) is 19.2 Å². The molecule has 34 heavy (non-hydrogen) atoms. The molecular formula is C25H27N5O4. The minimum atomic E-state index is -0.619. The maximum absolute atomic E-state index is 12.9. The molecule has 1 aromatic heterocycles. The Balaban J connectivity index is 1.29. The molecule has 2 aromatic rings. The second kappa shape index (κ2) is 8.98. The van der Waals surface area contributed by atoms with Gasteiger partial charge in [-0.15, -0.1) is 0 Å². The van der Waals surface area contributed by atoms with Gasteiger partial charge in [-0.25, -0.2) is 0 Å². The molecule has 0 radical (unpaired) electrons. The SMILES string of the molecule is CC(=O)N1CCN(Cc2ccnc(-c3ccc4c(c3)CN(C3CCC(=O)NC3=O)C4=O)c2)CC1. The van der Waals surface area contributed by atoms with E-state index in [4.69, 9.17) is 0 Å². The van der Waals surface area contributed by atoms with Crippen molar-refractivity contribution in [2.75, 3.05) is 26.2 Å². The number of rotatable bonds is 4. The summed E-state index contributed by atoms with van der Waals surface area (Å²) >= 11 is 0. The first-order valence-corrected chi connectivity index (χ1v) is 11.6. The van der Waals surface area contributed by atoms with Crippen molar-refractivity contribution in [2.24, 2.45) is 0 Å². The van der Waals surface area contributed by atoms with Crippen LogP contribution in [0.25, 0.3) is 11.3 Å². The molecule has 3 aliphatic heterocycles. The summed E-state index contributed by atoms with van der Waals surface area (Å²) in [6, 6.07) is 9.11. The average molecular weight is 462 g/mol. The fraction of sp³-hybridized carbons (Fsp3) is 0.400. The number of fused-ring (bicyclic) bond motifs is 1. The summed E-state index contributed by atoms with van der Waals surface area (Å²) in [5, 5.41) is 2.33. The van der Waals surface area contributed by atoms with Crippen molar-refractivity contribution < 1.29 is 19.2 Å². The lowest BCUT2D eigenvalue weighted by atomic mass is 10.0. The molecule has 0 bridgehead atoms. The Morgan fingerprint density at radius 3 is 2.62 bits per heavy atom. The summed E-state index contributed by atoms with van der Waals surface area (Å²) in [5.74, 6) is -0.755. The number of nitrogens with zero attached hydrogens (tertiary/aromatic N) is 4. The van der Waals surface area contributed by atoms with Gasteiger partial charge in [0.2, 0.25) is 17.7 Å². The van der Waals surface area contributed by atoms with Crippen molar-refractivity contribution >= 4 is 23.6 Å². The summed E-state index contributed by atoms with van der Waals surface area (Å²) in [4.78, 5) is 58.5. The van der Waals surface area contributed by atoms with Crippen LogP contribution >= 0.6 is 0 Å². The predicted molar refractivity (Wildman–Crippen MR) is 123 cm³/mol. The van der Waals surface area contributed by atoms with E-state index < -0.39 is 11.9 Å². The third-order valence-corrected chi connectivity index (χ3v) is 6.87. The van der Waals surface area contributed by atoms with Crippen molar-refractivity contribution in [3.8, 4) is 11.3 Å². The van der Waals surface area contributed by atoms with E-state index in [1.165, 1.54) is 0 Å². The molecule has 4 amide bonds. The number of pyridine rings is 1. The highest BCUT2D eigenvalue weighted by molar-refractivity contribution is 6.05.